The van der Waals surface area contributed by atoms with E-state index in [1.54, 1.807) is 29.9 Å². The smallest absolute Gasteiger partial charge is 0.339 e. The van der Waals surface area contributed by atoms with Crippen LogP contribution in [0.2, 0.25) is 0 Å². The number of hydrogen-bond donors (Lipinski definition) is 0. The average molecular weight is 457 g/mol. The lowest BCUT2D eigenvalue weighted by atomic mass is 10.1. The number of piperazine rings is 1. The maximum absolute atomic E-state index is 13.3. The van der Waals surface area contributed by atoms with Crippen LogP contribution in [0, 0.1) is 0 Å². The number of aromatic nitrogens is 4. The van der Waals surface area contributed by atoms with Crippen LogP contribution in [0.1, 0.15) is 27.6 Å². The Kier molecular flexibility index (Phi) is 5.90. The summed E-state index contributed by atoms with van der Waals surface area (Å²) in [7, 11) is 0. The molecule has 1 aromatic carbocycles. The van der Waals surface area contributed by atoms with Gasteiger partial charge in [0.2, 0.25) is 0 Å². The number of esters is 1. The minimum absolute atomic E-state index is 0.0852. The van der Waals surface area contributed by atoms with Gasteiger partial charge in [-0.3, -0.25) is 4.79 Å². The Bertz CT molecular complexity index is 1310. The molecular weight excluding hydrogens is 432 g/mol. The molecule has 0 N–H and O–H groups in total. The normalized spacial score (nSPS) is 13.8. The second kappa shape index (κ2) is 9.30. The predicted molar refractivity (Wildman–Crippen MR) is 127 cm³/mol. The summed E-state index contributed by atoms with van der Waals surface area (Å²) in [5.41, 5.74) is 3.35. The van der Waals surface area contributed by atoms with Crippen LogP contribution in [-0.2, 0) is 4.74 Å². The van der Waals surface area contributed by atoms with Crippen molar-refractivity contribution < 1.29 is 14.3 Å². The summed E-state index contributed by atoms with van der Waals surface area (Å²) >= 11 is 0. The lowest BCUT2D eigenvalue weighted by Crippen LogP contribution is -2.49. The van der Waals surface area contributed by atoms with Gasteiger partial charge < -0.3 is 14.5 Å². The molecule has 4 aromatic rings. The Labute approximate surface area is 196 Å². The number of benzene rings is 1. The van der Waals surface area contributed by atoms with Crippen molar-refractivity contribution in [2.45, 2.75) is 6.92 Å². The first-order chi connectivity index (χ1) is 16.7. The Balaban J connectivity index is 1.29. The molecule has 0 radical (unpaired) electrons. The maximum atomic E-state index is 13.3. The molecule has 5 rings (SSSR count). The molecule has 0 spiro atoms. The van der Waals surface area contributed by atoms with Gasteiger partial charge in [0.05, 0.1) is 24.1 Å². The highest BCUT2D eigenvalue weighted by Gasteiger charge is 2.26. The molecule has 1 aliphatic rings. The molecule has 1 aliphatic heterocycles. The van der Waals surface area contributed by atoms with Crippen molar-refractivity contribution >= 4 is 23.3 Å². The highest BCUT2D eigenvalue weighted by Crippen LogP contribution is 2.22. The zero-order chi connectivity index (χ0) is 23.5. The summed E-state index contributed by atoms with van der Waals surface area (Å²) in [6, 6.07) is 15.3. The second-order valence-electron chi connectivity index (χ2n) is 7.89. The van der Waals surface area contributed by atoms with E-state index in [1.807, 2.05) is 47.4 Å². The van der Waals surface area contributed by atoms with Crippen molar-refractivity contribution in [2.75, 3.05) is 37.7 Å². The maximum Gasteiger partial charge on any atom is 0.339 e. The van der Waals surface area contributed by atoms with Crippen molar-refractivity contribution in [2.24, 2.45) is 0 Å². The standard InChI is InChI=1S/C25H24N6O3/c1-2-34-25(33)19-8-9-22(27-16-19)29-12-14-30(15-13-29)24(32)20-17-28-31-21(10-11-26-23(20)31)18-6-4-3-5-7-18/h3-11,16-17H,2,12-15H2,1H3. The van der Waals surface area contributed by atoms with E-state index in [-0.39, 0.29) is 11.9 Å². The van der Waals surface area contributed by atoms with Gasteiger partial charge in [0.1, 0.15) is 11.4 Å². The number of pyridine rings is 1. The van der Waals surface area contributed by atoms with Crippen molar-refractivity contribution in [3.05, 3.63) is 78.2 Å². The van der Waals surface area contributed by atoms with Crippen LogP contribution in [0.15, 0.2) is 67.1 Å². The van der Waals surface area contributed by atoms with Gasteiger partial charge in [-0.15, -0.1) is 0 Å². The van der Waals surface area contributed by atoms with E-state index in [0.29, 0.717) is 49.6 Å². The SMILES string of the molecule is CCOC(=O)c1ccc(N2CCN(C(=O)c3cnn4c(-c5ccccc5)ccnc34)CC2)nc1. The predicted octanol–water partition coefficient (Wildman–Crippen LogP) is 2.93. The first-order valence-electron chi connectivity index (χ1n) is 11.2. The number of amides is 1. The third kappa shape index (κ3) is 4.07. The zero-order valence-corrected chi connectivity index (χ0v) is 18.8. The van der Waals surface area contributed by atoms with Gasteiger partial charge in [0.25, 0.3) is 5.91 Å². The van der Waals surface area contributed by atoms with Crippen molar-refractivity contribution in [3.63, 3.8) is 0 Å². The molecule has 1 amide bonds. The number of fused-ring (bicyclic) bond motifs is 1. The van der Waals surface area contributed by atoms with Crippen LogP contribution in [0.3, 0.4) is 0 Å². The number of rotatable bonds is 5. The lowest BCUT2D eigenvalue weighted by molar-refractivity contribution is 0.0525. The molecule has 4 heterocycles. The van der Waals surface area contributed by atoms with Gasteiger partial charge in [0, 0.05) is 44.1 Å². The molecule has 9 heteroatoms. The quantitative estimate of drug-likeness (QED) is 0.426. The molecule has 0 saturated carbocycles. The van der Waals surface area contributed by atoms with E-state index in [9.17, 15) is 9.59 Å². The van der Waals surface area contributed by atoms with E-state index >= 15 is 0 Å². The fourth-order valence-corrected chi connectivity index (χ4v) is 4.09. The number of anilines is 1. The molecule has 34 heavy (non-hydrogen) atoms. The molecule has 0 atom stereocenters. The molecule has 1 fully saturated rings. The first kappa shape index (κ1) is 21.6. The number of carbonyl (C=O) groups excluding carboxylic acids is 2. The summed E-state index contributed by atoms with van der Waals surface area (Å²) < 4.78 is 6.72. The summed E-state index contributed by atoms with van der Waals surface area (Å²) in [5, 5.41) is 4.46. The minimum atomic E-state index is -0.380. The largest absolute Gasteiger partial charge is 0.462 e. The molecule has 1 saturated heterocycles. The zero-order valence-electron chi connectivity index (χ0n) is 18.8. The third-order valence-corrected chi connectivity index (χ3v) is 5.85. The summed E-state index contributed by atoms with van der Waals surface area (Å²) in [6.45, 7) is 4.47. The minimum Gasteiger partial charge on any atom is -0.462 e. The van der Waals surface area contributed by atoms with Crippen LogP contribution in [0.5, 0.6) is 0 Å². The summed E-state index contributed by atoms with van der Waals surface area (Å²) in [4.78, 5) is 37.9. The third-order valence-electron chi connectivity index (χ3n) is 5.85. The fourth-order valence-electron chi connectivity index (χ4n) is 4.09. The van der Waals surface area contributed by atoms with E-state index in [2.05, 4.69) is 20.0 Å². The lowest BCUT2D eigenvalue weighted by Gasteiger charge is -2.35. The Morgan fingerprint density at radius 2 is 1.74 bits per heavy atom. The van der Waals surface area contributed by atoms with E-state index in [1.165, 1.54) is 6.20 Å². The molecule has 0 bridgehead atoms. The van der Waals surface area contributed by atoms with Crippen LogP contribution >= 0.6 is 0 Å². The first-order valence-corrected chi connectivity index (χ1v) is 11.2. The van der Waals surface area contributed by atoms with Gasteiger partial charge in [-0.2, -0.15) is 5.10 Å². The number of carbonyl (C=O) groups is 2. The van der Waals surface area contributed by atoms with Crippen LogP contribution < -0.4 is 4.90 Å². The van der Waals surface area contributed by atoms with Crippen LogP contribution in [0.4, 0.5) is 5.82 Å². The number of ether oxygens (including phenoxy) is 1. The topological polar surface area (TPSA) is 92.9 Å². The average Bonchev–Trinajstić information content (AvgIpc) is 3.33. The van der Waals surface area contributed by atoms with Crippen LogP contribution in [0.25, 0.3) is 16.9 Å². The summed E-state index contributed by atoms with van der Waals surface area (Å²) in [6.07, 6.45) is 4.83. The van der Waals surface area contributed by atoms with Gasteiger partial charge in [0.15, 0.2) is 5.65 Å². The summed E-state index contributed by atoms with van der Waals surface area (Å²) in [5.74, 6) is 0.303. The molecule has 9 nitrogen and oxygen atoms in total. The van der Waals surface area contributed by atoms with Crippen LogP contribution in [-0.4, -0.2) is 69.1 Å². The Morgan fingerprint density at radius 3 is 2.44 bits per heavy atom. The highest BCUT2D eigenvalue weighted by atomic mass is 16.5. The van der Waals surface area contributed by atoms with Gasteiger partial charge in [-0.1, -0.05) is 30.3 Å². The molecule has 3 aromatic heterocycles. The highest BCUT2D eigenvalue weighted by molar-refractivity contribution is 6.00. The van der Waals surface area contributed by atoms with Gasteiger partial charge in [-0.05, 0) is 25.1 Å². The Morgan fingerprint density at radius 1 is 0.941 bits per heavy atom. The van der Waals surface area contributed by atoms with Crippen molar-refractivity contribution in [1.29, 1.82) is 0 Å². The Hall–Kier alpha value is -4.27. The van der Waals surface area contributed by atoms with Crippen molar-refractivity contribution in [1.82, 2.24) is 24.5 Å². The van der Waals surface area contributed by atoms with E-state index in [0.717, 1.165) is 17.1 Å². The number of nitrogens with zero attached hydrogens (tertiary/aromatic N) is 6. The second-order valence-corrected chi connectivity index (χ2v) is 7.89. The molecule has 0 unspecified atom stereocenters. The van der Waals surface area contributed by atoms with Crippen molar-refractivity contribution in [3.8, 4) is 11.3 Å². The van der Waals surface area contributed by atoms with Gasteiger partial charge in [-0.25, -0.2) is 19.3 Å². The molecule has 172 valence electrons. The molecular formula is C25H24N6O3. The van der Waals surface area contributed by atoms with E-state index in [4.69, 9.17) is 4.74 Å². The van der Waals surface area contributed by atoms with E-state index < -0.39 is 0 Å². The fraction of sp³-hybridized carbons (Fsp3) is 0.240. The monoisotopic (exact) mass is 456 g/mol. The van der Waals surface area contributed by atoms with Gasteiger partial charge >= 0.3 is 5.97 Å². The number of hydrogen-bond acceptors (Lipinski definition) is 7. The molecule has 0 aliphatic carbocycles.